The van der Waals surface area contributed by atoms with E-state index in [1.54, 1.807) is 47.2 Å². The van der Waals surface area contributed by atoms with Crippen molar-refractivity contribution < 1.29 is 9.53 Å². The van der Waals surface area contributed by atoms with Crippen LogP contribution in [0.3, 0.4) is 0 Å². The number of fused-ring (bicyclic) bond motifs is 1. The van der Waals surface area contributed by atoms with Crippen molar-refractivity contribution in [1.82, 2.24) is 14.5 Å². The van der Waals surface area contributed by atoms with Gasteiger partial charge in [0, 0.05) is 35.6 Å². The van der Waals surface area contributed by atoms with Crippen molar-refractivity contribution in [2.24, 2.45) is 0 Å². The number of carbonyl (C=O) groups is 1. The van der Waals surface area contributed by atoms with Crippen molar-refractivity contribution >= 4 is 34.4 Å². The molecule has 0 unspecified atom stereocenters. The Hall–Kier alpha value is -3.42. The molecule has 2 heterocycles. The first-order valence-electron chi connectivity index (χ1n) is 10.5. The van der Waals surface area contributed by atoms with E-state index in [0.29, 0.717) is 23.8 Å². The lowest BCUT2D eigenvalue weighted by Crippen LogP contribution is -2.27. The lowest BCUT2D eigenvalue weighted by molar-refractivity contribution is 0.0636. The molecule has 0 radical (unpaired) electrons. The maximum atomic E-state index is 12.3. The Morgan fingerprint density at radius 1 is 1.06 bits per heavy atom. The van der Waals surface area contributed by atoms with Gasteiger partial charge in [-0.2, -0.15) is 4.98 Å². The van der Waals surface area contributed by atoms with Crippen molar-refractivity contribution in [1.29, 1.82) is 0 Å². The summed E-state index contributed by atoms with van der Waals surface area (Å²) in [6.45, 7) is 8.20. The van der Waals surface area contributed by atoms with E-state index < -0.39 is 11.7 Å². The molecule has 164 valence electrons. The summed E-state index contributed by atoms with van der Waals surface area (Å²) in [7, 11) is 0. The lowest BCUT2D eigenvalue weighted by Gasteiger charge is -2.19. The second-order valence-electron chi connectivity index (χ2n) is 8.33. The van der Waals surface area contributed by atoms with Crippen LogP contribution in [0.15, 0.2) is 47.4 Å². The van der Waals surface area contributed by atoms with E-state index >= 15 is 0 Å². The summed E-state index contributed by atoms with van der Waals surface area (Å²) in [5.74, 6) is 0.398. The third-order valence-corrected chi connectivity index (χ3v) is 4.49. The number of aromatic nitrogens is 3. The number of nitrogens with zero attached hydrogens (tertiary/aromatic N) is 3. The second-order valence-corrected chi connectivity index (χ2v) is 8.33. The monoisotopic (exact) mass is 423 g/mol. The van der Waals surface area contributed by atoms with Crippen LogP contribution in [0.1, 0.15) is 47.0 Å². The SMILES string of the molecule is CCCCCn1c(=O)ccc2cnc(Nc3ccc(NC(=O)OC(C)(C)C)cc3)nc21. The fraction of sp³-hybridized carbons (Fsp3) is 0.391. The molecule has 1 amide bonds. The van der Waals surface area contributed by atoms with Gasteiger partial charge in [-0.3, -0.25) is 14.7 Å². The number of amides is 1. The molecule has 8 heteroatoms. The normalized spacial score (nSPS) is 11.4. The lowest BCUT2D eigenvalue weighted by atomic mass is 10.2. The Bertz CT molecular complexity index is 1100. The molecule has 0 atom stereocenters. The van der Waals surface area contributed by atoms with E-state index in [1.807, 2.05) is 20.8 Å². The third-order valence-electron chi connectivity index (χ3n) is 4.49. The number of ether oxygens (including phenoxy) is 1. The van der Waals surface area contributed by atoms with Crippen molar-refractivity contribution in [3.8, 4) is 0 Å². The highest BCUT2D eigenvalue weighted by Crippen LogP contribution is 2.19. The van der Waals surface area contributed by atoms with Crippen LogP contribution in [-0.2, 0) is 11.3 Å². The van der Waals surface area contributed by atoms with Crippen LogP contribution < -0.4 is 16.2 Å². The van der Waals surface area contributed by atoms with Gasteiger partial charge < -0.3 is 10.1 Å². The fourth-order valence-corrected chi connectivity index (χ4v) is 3.06. The molecule has 0 fully saturated rings. The van der Waals surface area contributed by atoms with E-state index in [2.05, 4.69) is 27.5 Å². The van der Waals surface area contributed by atoms with Gasteiger partial charge >= 0.3 is 6.09 Å². The molecule has 3 rings (SSSR count). The predicted molar refractivity (Wildman–Crippen MR) is 123 cm³/mol. The first-order valence-corrected chi connectivity index (χ1v) is 10.5. The minimum atomic E-state index is -0.559. The molecule has 0 bridgehead atoms. The first-order chi connectivity index (χ1) is 14.7. The van der Waals surface area contributed by atoms with Crippen molar-refractivity contribution in [2.75, 3.05) is 10.6 Å². The van der Waals surface area contributed by atoms with Gasteiger partial charge in [0.25, 0.3) is 5.56 Å². The van der Waals surface area contributed by atoms with Crippen LogP contribution in [-0.4, -0.2) is 26.2 Å². The van der Waals surface area contributed by atoms with Gasteiger partial charge in [-0.15, -0.1) is 0 Å². The van der Waals surface area contributed by atoms with Gasteiger partial charge in [-0.25, -0.2) is 9.78 Å². The number of rotatable bonds is 7. The molecule has 0 aliphatic carbocycles. The second kappa shape index (κ2) is 9.59. The minimum absolute atomic E-state index is 0.0641. The van der Waals surface area contributed by atoms with Gasteiger partial charge in [0.05, 0.1) is 0 Å². The molecule has 0 saturated heterocycles. The number of anilines is 3. The Morgan fingerprint density at radius 3 is 2.45 bits per heavy atom. The molecule has 0 aliphatic heterocycles. The van der Waals surface area contributed by atoms with Crippen LogP contribution in [0, 0.1) is 0 Å². The van der Waals surface area contributed by atoms with E-state index in [-0.39, 0.29) is 5.56 Å². The molecule has 1 aromatic carbocycles. The van der Waals surface area contributed by atoms with Crippen LogP contribution in [0.4, 0.5) is 22.1 Å². The summed E-state index contributed by atoms with van der Waals surface area (Å²) in [5, 5.41) is 6.66. The highest BCUT2D eigenvalue weighted by molar-refractivity contribution is 5.85. The number of unbranched alkanes of at least 4 members (excludes halogenated alkanes) is 2. The van der Waals surface area contributed by atoms with Gasteiger partial charge in [0.15, 0.2) is 0 Å². The Morgan fingerprint density at radius 2 is 1.77 bits per heavy atom. The summed E-state index contributed by atoms with van der Waals surface area (Å²) in [5.41, 5.74) is 1.36. The predicted octanol–water partition coefficient (Wildman–Crippen LogP) is 5.07. The minimum Gasteiger partial charge on any atom is -0.444 e. The number of pyridine rings is 1. The third kappa shape index (κ3) is 6.28. The molecule has 3 aromatic rings. The molecule has 2 aromatic heterocycles. The average Bonchev–Trinajstić information content (AvgIpc) is 2.70. The summed E-state index contributed by atoms with van der Waals surface area (Å²) in [4.78, 5) is 33.2. The van der Waals surface area contributed by atoms with Gasteiger partial charge in [0.1, 0.15) is 11.2 Å². The number of carbonyl (C=O) groups excluding carboxylic acids is 1. The van der Waals surface area contributed by atoms with Crippen molar-refractivity contribution in [3.05, 3.63) is 52.9 Å². The Kier molecular flexibility index (Phi) is 6.89. The molecule has 31 heavy (non-hydrogen) atoms. The zero-order chi connectivity index (χ0) is 22.4. The maximum Gasteiger partial charge on any atom is 0.412 e. The molecule has 2 N–H and O–H groups in total. The van der Waals surface area contributed by atoms with E-state index in [4.69, 9.17) is 4.74 Å². The fourth-order valence-electron chi connectivity index (χ4n) is 3.06. The number of hydrogen-bond donors (Lipinski definition) is 2. The Balaban J connectivity index is 1.75. The molecular weight excluding hydrogens is 394 g/mol. The molecule has 0 spiro atoms. The van der Waals surface area contributed by atoms with Crippen LogP contribution in [0.25, 0.3) is 11.0 Å². The van der Waals surface area contributed by atoms with Crippen LogP contribution in [0.2, 0.25) is 0 Å². The van der Waals surface area contributed by atoms with Gasteiger partial charge in [0.2, 0.25) is 5.95 Å². The standard InChI is InChI=1S/C23H29N5O3/c1-5-6-7-14-28-19(29)13-8-16-15-24-21(27-20(16)28)25-17-9-11-18(12-10-17)26-22(30)31-23(2,3)4/h8-13,15H,5-7,14H2,1-4H3,(H,26,30)(H,24,25,27). The number of hydrogen-bond acceptors (Lipinski definition) is 6. The first kappa shape index (κ1) is 22.3. The van der Waals surface area contributed by atoms with Crippen LogP contribution >= 0.6 is 0 Å². The summed E-state index contributed by atoms with van der Waals surface area (Å²) < 4.78 is 6.95. The zero-order valence-corrected chi connectivity index (χ0v) is 18.4. The molecule has 0 saturated carbocycles. The van der Waals surface area contributed by atoms with E-state index in [0.717, 1.165) is 30.3 Å². The highest BCUT2D eigenvalue weighted by Gasteiger charge is 2.16. The van der Waals surface area contributed by atoms with E-state index in [1.165, 1.54) is 0 Å². The average molecular weight is 424 g/mol. The van der Waals surface area contributed by atoms with Crippen molar-refractivity contribution in [3.63, 3.8) is 0 Å². The summed E-state index contributed by atoms with van der Waals surface area (Å²) >= 11 is 0. The quantitative estimate of drug-likeness (QED) is 0.515. The number of aryl methyl sites for hydroxylation is 1. The van der Waals surface area contributed by atoms with Gasteiger partial charge in [-0.1, -0.05) is 19.8 Å². The van der Waals surface area contributed by atoms with E-state index in [9.17, 15) is 9.59 Å². The van der Waals surface area contributed by atoms with Gasteiger partial charge in [-0.05, 0) is 57.5 Å². The number of benzene rings is 1. The largest absolute Gasteiger partial charge is 0.444 e. The smallest absolute Gasteiger partial charge is 0.412 e. The zero-order valence-electron chi connectivity index (χ0n) is 18.4. The topological polar surface area (TPSA) is 98.1 Å². The summed E-state index contributed by atoms with van der Waals surface area (Å²) in [6.07, 6.45) is 4.27. The highest BCUT2D eigenvalue weighted by atomic mass is 16.6. The maximum absolute atomic E-state index is 12.3. The number of nitrogens with one attached hydrogen (secondary N) is 2. The molecular formula is C23H29N5O3. The molecule has 0 aliphatic rings. The van der Waals surface area contributed by atoms with Crippen molar-refractivity contribution in [2.45, 2.75) is 59.1 Å². The van der Waals surface area contributed by atoms with Crippen LogP contribution in [0.5, 0.6) is 0 Å². The Labute approximate surface area is 181 Å². The summed E-state index contributed by atoms with van der Waals surface area (Å²) in [6, 6.07) is 10.4. The molecule has 8 nitrogen and oxygen atoms in total.